The van der Waals surface area contributed by atoms with Gasteiger partial charge >= 0.3 is 12.1 Å². The van der Waals surface area contributed by atoms with Crippen LogP contribution in [0.15, 0.2) is 41.3 Å². The van der Waals surface area contributed by atoms with Gasteiger partial charge in [0.1, 0.15) is 5.69 Å². The molecule has 0 unspecified atom stereocenters. The molecule has 0 fully saturated rings. The van der Waals surface area contributed by atoms with Crippen LogP contribution in [0, 0.1) is 6.92 Å². The van der Waals surface area contributed by atoms with Crippen LogP contribution in [0.1, 0.15) is 11.1 Å². The van der Waals surface area contributed by atoms with Crippen molar-refractivity contribution in [1.29, 1.82) is 0 Å². The van der Waals surface area contributed by atoms with E-state index in [-0.39, 0.29) is 18.2 Å². The number of esters is 1. The molecule has 0 atom stereocenters. The van der Waals surface area contributed by atoms with Gasteiger partial charge in [0.15, 0.2) is 0 Å². The largest absolute Gasteiger partial charge is 0.468 e. The van der Waals surface area contributed by atoms with E-state index in [1.54, 1.807) is 18.2 Å². The first kappa shape index (κ1) is 22.2. The summed E-state index contributed by atoms with van der Waals surface area (Å²) in [6, 6.07) is 7.89. The van der Waals surface area contributed by atoms with Crippen LogP contribution >= 0.6 is 0 Å². The molecule has 1 aromatic heterocycles. The zero-order valence-electron chi connectivity index (χ0n) is 15.5. The Bertz CT molecular complexity index is 842. The number of alkyl halides is 3. The van der Waals surface area contributed by atoms with Crippen LogP contribution < -0.4 is 16.2 Å². The highest BCUT2D eigenvalue weighted by Gasteiger charge is 2.36. The smallest absolute Gasteiger partial charge is 0.418 e. The SMILES string of the molecule is COC(=O)CN.Cc1cccc(N(C)c2c(C(F)(F)F)ccn(C)c2=O)c1. The second kappa shape index (κ2) is 9.22. The summed E-state index contributed by atoms with van der Waals surface area (Å²) in [6.07, 6.45) is -3.46. The molecule has 0 aliphatic rings. The summed E-state index contributed by atoms with van der Waals surface area (Å²) in [5, 5.41) is 0. The lowest BCUT2D eigenvalue weighted by Crippen LogP contribution is -2.29. The van der Waals surface area contributed by atoms with E-state index in [1.165, 1.54) is 26.1 Å². The molecule has 148 valence electrons. The summed E-state index contributed by atoms with van der Waals surface area (Å²) in [5.41, 5.74) is 4.24. The van der Waals surface area contributed by atoms with Gasteiger partial charge in [0.25, 0.3) is 5.56 Å². The number of ether oxygens (including phenoxy) is 1. The molecule has 0 radical (unpaired) electrons. The lowest BCUT2D eigenvalue weighted by Gasteiger charge is -2.23. The van der Waals surface area contributed by atoms with Crippen molar-refractivity contribution in [3.05, 3.63) is 58.0 Å². The number of anilines is 2. The van der Waals surface area contributed by atoms with Crippen molar-refractivity contribution < 1.29 is 22.7 Å². The molecule has 2 rings (SSSR count). The van der Waals surface area contributed by atoms with Crippen molar-refractivity contribution in [1.82, 2.24) is 4.57 Å². The van der Waals surface area contributed by atoms with E-state index in [0.29, 0.717) is 5.69 Å². The molecule has 0 aliphatic carbocycles. The number of nitrogens with zero attached hydrogens (tertiary/aromatic N) is 2. The second-order valence-corrected chi connectivity index (χ2v) is 5.67. The Morgan fingerprint density at radius 3 is 2.37 bits per heavy atom. The Labute approximate surface area is 155 Å². The molecule has 0 aliphatic heterocycles. The number of halogens is 3. The number of rotatable bonds is 3. The van der Waals surface area contributed by atoms with Crippen molar-refractivity contribution in [2.24, 2.45) is 12.8 Å². The Morgan fingerprint density at radius 1 is 1.30 bits per heavy atom. The van der Waals surface area contributed by atoms with Gasteiger partial charge in [-0.15, -0.1) is 0 Å². The maximum atomic E-state index is 13.1. The quantitative estimate of drug-likeness (QED) is 0.822. The number of pyridine rings is 1. The summed E-state index contributed by atoms with van der Waals surface area (Å²) >= 11 is 0. The number of hydrogen-bond donors (Lipinski definition) is 1. The Hall–Kier alpha value is -2.81. The molecular weight excluding hydrogens is 363 g/mol. The van der Waals surface area contributed by atoms with E-state index in [2.05, 4.69) is 4.74 Å². The van der Waals surface area contributed by atoms with E-state index in [0.717, 1.165) is 22.4 Å². The van der Waals surface area contributed by atoms with Crippen LogP contribution in [0.3, 0.4) is 0 Å². The molecule has 2 aromatic rings. The van der Waals surface area contributed by atoms with Crippen molar-refractivity contribution in [3.8, 4) is 0 Å². The number of methoxy groups -OCH3 is 1. The standard InChI is InChI=1S/C15H15F3N2O.C3H7NO2/c1-10-5-4-6-11(9-10)20(3)13-12(15(16,17)18)7-8-19(2)14(13)21;1-6-3(5)2-4/h4-9H,1-3H3;2,4H2,1H3. The normalized spacial score (nSPS) is 10.7. The molecule has 2 N–H and O–H groups in total. The fourth-order valence-corrected chi connectivity index (χ4v) is 2.22. The van der Waals surface area contributed by atoms with Gasteiger partial charge in [0.05, 0.1) is 19.2 Å². The molecule has 0 saturated heterocycles. The number of carbonyl (C=O) groups is 1. The van der Waals surface area contributed by atoms with Gasteiger partial charge < -0.3 is 19.9 Å². The van der Waals surface area contributed by atoms with E-state index in [4.69, 9.17) is 5.73 Å². The van der Waals surface area contributed by atoms with Crippen LogP contribution in [-0.2, 0) is 22.8 Å². The van der Waals surface area contributed by atoms with E-state index in [9.17, 15) is 22.8 Å². The van der Waals surface area contributed by atoms with Gasteiger partial charge in [-0.1, -0.05) is 12.1 Å². The van der Waals surface area contributed by atoms with Crippen LogP contribution in [0.5, 0.6) is 0 Å². The number of benzene rings is 1. The minimum Gasteiger partial charge on any atom is -0.468 e. The first-order valence-electron chi connectivity index (χ1n) is 7.87. The summed E-state index contributed by atoms with van der Waals surface area (Å²) in [6.45, 7) is 1.81. The predicted octanol–water partition coefficient (Wildman–Crippen LogP) is 2.60. The molecule has 27 heavy (non-hydrogen) atoms. The number of hydrogen-bond acceptors (Lipinski definition) is 5. The van der Waals surface area contributed by atoms with Crippen molar-refractivity contribution >= 4 is 17.3 Å². The van der Waals surface area contributed by atoms with E-state index >= 15 is 0 Å². The highest BCUT2D eigenvalue weighted by molar-refractivity contribution is 5.71. The zero-order valence-corrected chi connectivity index (χ0v) is 15.5. The van der Waals surface area contributed by atoms with Gasteiger partial charge in [-0.05, 0) is 30.7 Å². The minimum atomic E-state index is -4.58. The summed E-state index contributed by atoms with van der Waals surface area (Å²) < 4.78 is 44.7. The van der Waals surface area contributed by atoms with Crippen LogP contribution in [-0.4, -0.2) is 31.2 Å². The van der Waals surface area contributed by atoms with Gasteiger partial charge in [-0.25, -0.2) is 0 Å². The lowest BCUT2D eigenvalue weighted by molar-refractivity contribution is -0.139. The number of aryl methyl sites for hydroxylation is 2. The average Bonchev–Trinajstić information content (AvgIpc) is 2.62. The summed E-state index contributed by atoms with van der Waals surface area (Å²) in [4.78, 5) is 23.3. The monoisotopic (exact) mass is 385 g/mol. The molecule has 1 aromatic carbocycles. The molecule has 6 nitrogen and oxygen atoms in total. The van der Waals surface area contributed by atoms with Gasteiger partial charge in [-0.3, -0.25) is 9.59 Å². The Morgan fingerprint density at radius 2 is 1.93 bits per heavy atom. The zero-order chi connectivity index (χ0) is 20.8. The van der Waals surface area contributed by atoms with Crippen LogP contribution in [0.2, 0.25) is 0 Å². The van der Waals surface area contributed by atoms with E-state index < -0.39 is 17.3 Å². The summed E-state index contributed by atoms with van der Waals surface area (Å²) in [7, 11) is 4.19. The van der Waals surface area contributed by atoms with Gasteiger partial charge in [-0.2, -0.15) is 13.2 Å². The Balaban J connectivity index is 0.000000527. The number of carbonyl (C=O) groups excluding carboxylic acids is 1. The third kappa shape index (κ3) is 5.85. The minimum absolute atomic E-state index is 0.0312. The second-order valence-electron chi connectivity index (χ2n) is 5.67. The summed E-state index contributed by atoms with van der Waals surface area (Å²) in [5.74, 6) is -0.380. The molecule has 0 saturated carbocycles. The highest BCUT2D eigenvalue weighted by atomic mass is 19.4. The molecule has 1 heterocycles. The van der Waals surface area contributed by atoms with Crippen molar-refractivity contribution in [2.75, 3.05) is 25.6 Å². The Kier molecular flexibility index (Phi) is 7.59. The third-order valence-electron chi connectivity index (χ3n) is 3.67. The highest BCUT2D eigenvalue weighted by Crippen LogP contribution is 2.36. The molecular formula is C18H22F3N3O3. The van der Waals surface area contributed by atoms with Crippen LogP contribution in [0.25, 0.3) is 0 Å². The first-order chi connectivity index (χ1) is 12.5. The van der Waals surface area contributed by atoms with E-state index in [1.807, 2.05) is 13.0 Å². The lowest BCUT2D eigenvalue weighted by atomic mass is 10.1. The third-order valence-corrected chi connectivity index (χ3v) is 3.67. The van der Waals surface area contributed by atoms with Gasteiger partial charge in [0.2, 0.25) is 0 Å². The number of nitrogens with two attached hydrogens (primary N) is 1. The van der Waals surface area contributed by atoms with Crippen LogP contribution in [0.4, 0.5) is 24.5 Å². The molecule has 0 spiro atoms. The van der Waals surface area contributed by atoms with Gasteiger partial charge in [0, 0.05) is 26.0 Å². The maximum Gasteiger partial charge on any atom is 0.418 e. The molecule has 0 amide bonds. The van der Waals surface area contributed by atoms with Crippen molar-refractivity contribution in [3.63, 3.8) is 0 Å². The first-order valence-corrected chi connectivity index (χ1v) is 7.87. The molecule has 0 bridgehead atoms. The number of aromatic nitrogens is 1. The maximum absolute atomic E-state index is 13.1. The van der Waals surface area contributed by atoms with Crippen molar-refractivity contribution in [2.45, 2.75) is 13.1 Å². The topological polar surface area (TPSA) is 77.6 Å². The average molecular weight is 385 g/mol. The molecule has 9 heteroatoms. The fraction of sp³-hybridized carbons (Fsp3) is 0.333. The predicted molar refractivity (Wildman–Crippen MR) is 97.0 cm³/mol. The fourth-order valence-electron chi connectivity index (χ4n) is 2.22.